The van der Waals surface area contributed by atoms with Crippen LogP contribution in [0.4, 0.5) is 5.00 Å². The minimum Gasteiger partial charge on any atom is -0.462 e. The van der Waals surface area contributed by atoms with Crippen LogP contribution in [0.5, 0.6) is 0 Å². The maximum absolute atomic E-state index is 12.7. The van der Waals surface area contributed by atoms with Gasteiger partial charge < -0.3 is 14.6 Å². The van der Waals surface area contributed by atoms with Gasteiger partial charge >= 0.3 is 5.97 Å². The predicted octanol–water partition coefficient (Wildman–Crippen LogP) is 5.10. The molecule has 0 aliphatic heterocycles. The van der Waals surface area contributed by atoms with Gasteiger partial charge in [0, 0.05) is 30.0 Å². The van der Waals surface area contributed by atoms with E-state index in [0.29, 0.717) is 35.9 Å². The maximum atomic E-state index is 12.7. The number of allylic oxidation sites excluding steroid dienone is 1. The number of hydrogen-bond donors (Lipinski definition) is 1. The molecule has 0 fully saturated rings. The molecule has 184 valence electrons. The normalized spacial score (nSPS) is 12.4. The summed E-state index contributed by atoms with van der Waals surface area (Å²) in [4.78, 5) is 26.4. The van der Waals surface area contributed by atoms with E-state index in [1.165, 1.54) is 33.5 Å². The van der Waals surface area contributed by atoms with Gasteiger partial charge in [0.15, 0.2) is 5.16 Å². The molecule has 9 heteroatoms. The Morgan fingerprint density at radius 3 is 2.83 bits per heavy atom. The number of anilines is 1. The van der Waals surface area contributed by atoms with Crippen LogP contribution in [0.15, 0.2) is 48.1 Å². The molecule has 2 aromatic heterocycles. The lowest BCUT2D eigenvalue weighted by molar-refractivity contribution is -0.115. The number of nitrogens with one attached hydrogen (secondary N) is 1. The minimum absolute atomic E-state index is 0.123. The molecule has 0 radical (unpaired) electrons. The Labute approximate surface area is 214 Å². The van der Waals surface area contributed by atoms with E-state index in [0.717, 1.165) is 48.6 Å². The van der Waals surface area contributed by atoms with Crippen molar-refractivity contribution in [1.29, 1.82) is 0 Å². The molecule has 3 aromatic rings. The molecule has 1 N–H and O–H groups in total. The van der Waals surface area contributed by atoms with Crippen LogP contribution in [-0.4, -0.2) is 39.0 Å². The highest BCUT2D eigenvalue weighted by Crippen LogP contribution is 2.39. The lowest BCUT2D eigenvalue weighted by Gasteiger charge is -2.09. The number of aryl methyl sites for hydroxylation is 3. The zero-order chi connectivity index (χ0) is 24.6. The van der Waals surface area contributed by atoms with E-state index >= 15 is 0 Å². The molecule has 1 aliphatic rings. The Hall–Kier alpha value is -2.91. The number of aromatic nitrogens is 3. The van der Waals surface area contributed by atoms with Gasteiger partial charge in [0.2, 0.25) is 5.91 Å². The van der Waals surface area contributed by atoms with Crippen molar-refractivity contribution in [2.24, 2.45) is 0 Å². The van der Waals surface area contributed by atoms with Gasteiger partial charge in [-0.25, -0.2) is 4.79 Å². The van der Waals surface area contributed by atoms with Gasteiger partial charge in [-0.1, -0.05) is 48.2 Å². The largest absolute Gasteiger partial charge is 0.462 e. The average Bonchev–Trinajstić information content (AvgIpc) is 3.54. The number of thioether (sulfide) groups is 1. The fourth-order valence-electron chi connectivity index (χ4n) is 4.16. The van der Waals surface area contributed by atoms with Crippen molar-refractivity contribution in [3.05, 3.63) is 70.4 Å². The van der Waals surface area contributed by atoms with Crippen molar-refractivity contribution >= 4 is 40.0 Å². The first-order valence-corrected chi connectivity index (χ1v) is 13.7. The molecule has 0 atom stereocenters. The first-order chi connectivity index (χ1) is 17.1. The number of nitrogens with zero attached hydrogens (tertiary/aromatic N) is 3. The third kappa shape index (κ3) is 6.21. The van der Waals surface area contributed by atoms with Crippen LogP contribution in [-0.2, 0) is 41.8 Å². The van der Waals surface area contributed by atoms with Gasteiger partial charge in [0.1, 0.15) is 10.8 Å². The summed E-state index contributed by atoms with van der Waals surface area (Å²) in [6, 6.07) is 10.3. The number of rotatable bonds is 12. The molecule has 7 nitrogen and oxygen atoms in total. The number of amides is 1. The van der Waals surface area contributed by atoms with Crippen LogP contribution in [0.2, 0.25) is 0 Å². The Bertz CT molecular complexity index is 1190. The van der Waals surface area contributed by atoms with Crippen molar-refractivity contribution < 1.29 is 14.3 Å². The Kier molecular flexibility index (Phi) is 8.76. The summed E-state index contributed by atoms with van der Waals surface area (Å²) < 4.78 is 7.30. The van der Waals surface area contributed by atoms with E-state index in [9.17, 15) is 9.59 Å². The first-order valence-electron chi connectivity index (χ1n) is 11.9. The maximum Gasteiger partial charge on any atom is 0.341 e. The number of thiophene rings is 1. The van der Waals surface area contributed by atoms with E-state index in [4.69, 9.17) is 4.74 Å². The monoisotopic (exact) mass is 510 g/mol. The molecular weight excluding hydrogens is 480 g/mol. The zero-order valence-corrected chi connectivity index (χ0v) is 21.6. The van der Waals surface area contributed by atoms with Crippen molar-refractivity contribution in [2.45, 2.75) is 57.1 Å². The summed E-state index contributed by atoms with van der Waals surface area (Å²) in [6.45, 7) is 6.58. The highest BCUT2D eigenvalue weighted by molar-refractivity contribution is 7.99. The van der Waals surface area contributed by atoms with Gasteiger partial charge in [-0.3, -0.25) is 4.79 Å². The second-order valence-corrected chi connectivity index (χ2v) is 10.4. The van der Waals surface area contributed by atoms with Gasteiger partial charge in [0.25, 0.3) is 0 Å². The summed E-state index contributed by atoms with van der Waals surface area (Å²) in [5.41, 5.74) is 2.84. The quantitative estimate of drug-likeness (QED) is 0.207. The molecule has 1 aliphatic carbocycles. The second kappa shape index (κ2) is 12.2. The summed E-state index contributed by atoms with van der Waals surface area (Å²) in [5, 5.41) is 13.1. The molecule has 0 saturated carbocycles. The zero-order valence-electron chi connectivity index (χ0n) is 19.9. The molecule has 0 spiro atoms. The van der Waals surface area contributed by atoms with Crippen molar-refractivity contribution in [1.82, 2.24) is 14.8 Å². The Morgan fingerprint density at radius 2 is 2.06 bits per heavy atom. The minimum atomic E-state index is -0.350. The summed E-state index contributed by atoms with van der Waals surface area (Å²) in [5.74, 6) is 0.992. The van der Waals surface area contributed by atoms with Crippen LogP contribution in [0, 0.1) is 0 Å². The lowest BCUT2D eigenvalue weighted by Crippen LogP contribution is -2.15. The summed E-state index contributed by atoms with van der Waals surface area (Å²) in [7, 11) is 0. The van der Waals surface area contributed by atoms with E-state index in [1.807, 2.05) is 24.3 Å². The van der Waals surface area contributed by atoms with E-state index in [1.54, 1.807) is 6.92 Å². The number of esters is 1. The van der Waals surface area contributed by atoms with Crippen molar-refractivity contribution in [3.8, 4) is 0 Å². The van der Waals surface area contributed by atoms with Gasteiger partial charge in [-0.2, -0.15) is 0 Å². The molecular formula is C26H30N4O3S2. The molecule has 1 aromatic carbocycles. The number of fused-ring (bicyclic) bond motifs is 1. The smallest absolute Gasteiger partial charge is 0.341 e. The topological polar surface area (TPSA) is 86.1 Å². The summed E-state index contributed by atoms with van der Waals surface area (Å²) in [6.07, 6.45) is 6.65. The summed E-state index contributed by atoms with van der Waals surface area (Å²) >= 11 is 3.00. The number of carbonyl (C=O) groups excluding carboxylic acids is 2. The molecule has 2 heterocycles. The molecule has 0 saturated heterocycles. The standard InChI is InChI=1S/C26H30N4O3S2/c1-3-16-30-21(14-13-18-9-6-5-7-10-18)28-29-26(30)34-17-15-22(31)27-24-23(25(32)33-4-2)19-11-8-12-20(19)35-24/h3,5-7,9-10H,1,4,8,11-17H2,2H3,(H,27,31). The van der Waals surface area contributed by atoms with Crippen LogP contribution >= 0.6 is 23.1 Å². The second-order valence-electron chi connectivity index (χ2n) is 8.21. The highest BCUT2D eigenvalue weighted by Gasteiger charge is 2.28. The first kappa shape index (κ1) is 25.2. The van der Waals surface area contributed by atoms with Crippen LogP contribution in [0.25, 0.3) is 0 Å². The third-order valence-electron chi connectivity index (χ3n) is 5.80. The molecule has 4 rings (SSSR count). The lowest BCUT2D eigenvalue weighted by atomic mass is 10.1. The van der Waals surface area contributed by atoms with Gasteiger partial charge in [0.05, 0.1) is 12.2 Å². The average molecular weight is 511 g/mol. The van der Waals surface area contributed by atoms with Crippen LogP contribution < -0.4 is 5.32 Å². The molecule has 1 amide bonds. The highest BCUT2D eigenvalue weighted by atomic mass is 32.2. The molecule has 35 heavy (non-hydrogen) atoms. The Morgan fingerprint density at radius 1 is 1.23 bits per heavy atom. The Balaban J connectivity index is 1.35. The fraction of sp³-hybridized carbons (Fsp3) is 0.385. The van der Waals surface area contributed by atoms with Crippen molar-refractivity contribution in [3.63, 3.8) is 0 Å². The van der Waals surface area contributed by atoms with E-state index in [-0.39, 0.29) is 11.9 Å². The predicted molar refractivity (Wildman–Crippen MR) is 140 cm³/mol. The fourth-order valence-corrected chi connectivity index (χ4v) is 6.36. The van der Waals surface area contributed by atoms with Gasteiger partial charge in [-0.05, 0) is 43.7 Å². The third-order valence-corrected chi connectivity index (χ3v) is 7.98. The number of benzene rings is 1. The molecule has 0 bridgehead atoms. The SMILES string of the molecule is C=CCn1c(CCc2ccccc2)nnc1SCCC(=O)Nc1sc2c(c1C(=O)OCC)CCC2. The number of hydrogen-bond acceptors (Lipinski definition) is 7. The van der Waals surface area contributed by atoms with Crippen molar-refractivity contribution in [2.75, 3.05) is 17.7 Å². The van der Waals surface area contributed by atoms with E-state index in [2.05, 4.69) is 38.8 Å². The van der Waals surface area contributed by atoms with Gasteiger partial charge in [-0.15, -0.1) is 28.1 Å². The van der Waals surface area contributed by atoms with Crippen LogP contribution in [0.3, 0.4) is 0 Å². The molecule has 0 unspecified atom stereocenters. The van der Waals surface area contributed by atoms with E-state index < -0.39 is 0 Å². The number of carbonyl (C=O) groups is 2. The van der Waals surface area contributed by atoms with Crippen LogP contribution in [0.1, 0.15) is 52.0 Å². The number of ether oxygens (including phenoxy) is 1.